The summed E-state index contributed by atoms with van der Waals surface area (Å²) < 4.78 is 1.56. The minimum atomic E-state index is 0.0239. The first-order valence-electron chi connectivity index (χ1n) is 6.43. The Labute approximate surface area is 120 Å². The molecule has 0 fully saturated rings. The highest BCUT2D eigenvalue weighted by atomic mass is 32.2. The Kier molecular flexibility index (Phi) is 3.68. The van der Waals surface area contributed by atoms with Crippen molar-refractivity contribution in [2.45, 2.75) is 24.0 Å². The van der Waals surface area contributed by atoms with Gasteiger partial charge in [0.15, 0.2) is 0 Å². The molecular formula is C13H15N5OS. The van der Waals surface area contributed by atoms with Crippen LogP contribution in [0.1, 0.15) is 11.1 Å². The molecule has 1 heterocycles. The van der Waals surface area contributed by atoms with Gasteiger partial charge in [-0.25, -0.2) is 4.68 Å². The number of thioether (sulfide) groups is 1. The zero-order valence-corrected chi connectivity index (χ0v) is 11.9. The van der Waals surface area contributed by atoms with Gasteiger partial charge in [0.05, 0.1) is 5.75 Å². The summed E-state index contributed by atoms with van der Waals surface area (Å²) in [5.74, 6) is 0.358. The fourth-order valence-electron chi connectivity index (χ4n) is 2.40. The van der Waals surface area contributed by atoms with Crippen molar-refractivity contribution in [3.8, 4) is 0 Å². The van der Waals surface area contributed by atoms with Gasteiger partial charge in [0.25, 0.3) is 0 Å². The first-order valence-corrected chi connectivity index (χ1v) is 7.42. The van der Waals surface area contributed by atoms with Crippen LogP contribution in [-0.4, -0.2) is 37.9 Å². The van der Waals surface area contributed by atoms with Crippen LogP contribution in [0.2, 0.25) is 0 Å². The van der Waals surface area contributed by atoms with E-state index in [-0.39, 0.29) is 11.9 Å². The molecule has 0 unspecified atom stereocenters. The van der Waals surface area contributed by atoms with Gasteiger partial charge in [0.2, 0.25) is 11.1 Å². The normalized spacial score (nSPS) is 14.2. The van der Waals surface area contributed by atoms with E-state index in [2.05, 4.69) is 33.0 Å². The molecule has 0 saturated carbocycles. The number of amides is 1. The van der Waals surface area contributed by atoms with Crippen molar-refractivity contribution in [1.29, 1.82) is 0 Å². The number of nitrogens with one attached hydrogen (secondary N) is 1. The quantitative estimate of drug-likeness (QED) is 0.834. The van der Waals surface area contributed by atoms with Crippen molar-refractivity contribution in [2.24, 2.45) is 7.05 Å². The number of hydrogen-bond acceptors (Lipinski definition) is 5. The molecule has 2 aromatic rings. The standard InChI is InChI=1S/C13H15N5OS/c1-18-13(15-16-17-18)20-8-12(19)14-11-6-9-4-2-3-5-10(9)7-11/h2-5,11H,6-8H2,1H3,(H,14,19). The maximum absolute atomic E-state index is 11.9. The first kappa shape index (κ1) is 13.1. The SMILES string of the molecule is Cn1nnnc1SCC(=O)NC1Cc2ccccc2C1. The Bertz CT molecular complexity index is 602. The second-order valence-electron chi connectivity index (χ2n) is 4.82. The molecule has 0 atom stereocenters. The van der Waals surface area contributed by atoms with E-state index in [9.17, 15) is 4.79 Å². The van der Waals surface area contributed by atoms with E-state index in [4.69, 9.17) is 0 Å². The van der Waals surface area contributed by atoms with E-state index in [1.54, 1.807) is 11.7 Å². The predicted molar refractivity (Wildman–Crippen MR) is 75.3 cm³/mol. The van der Waals surface area contributed by atoms with Crippen molar-refractivity contribution in [3.63, 3.8) is 0 Å². The molecule has 0 radical (unpaired) electrons. The monoisotopic (exact) mass is 289 g/mol. The zero-order chi connectivity index (χ0) is 13.9. The number of fused-ring (bicyclic) bond motifs is 1. The number of carbonyl (C=O) groups is 1. The van der Waals surface area contributed by atoms with Gasteiger partial charge in [0, 0.05) is 13.1 Å². The molecular weight excluding hydrogens is 274 g/mol. The fraction of sp³-hybridized carbons (Fsp3) is 0.385. The third-order valence-electron chi connectivity index (χ3n) is 3.33. The molecule has 1 aromatic heterocycles. The Morgan fingerprint density at radius 1 is 1.40 bits per heavy atom. The highest BCUT2D eigenvalue weighted by molar-refractivity contribution is 7.99. The van der Waals surface area contributed by atoms with Crippen LogP contribution < -0.4 is 5.32 Å². The summed E-state index contributed by atoms with van der Waals surface area (Å²) in [7, 11) is 1.76. The summed E-state index contributed by atoms with van der Waals surface area (Å²) in [6, 6.07) is 8.54. The van der Waals surface area contributed by atoms with Crippen molar-refractivity contribution in [1.82, 2.24) is 25.5 Å². The minimum absolute atomic E-state index is 0.0239. The summed E-state index contributed by atoms with van der Waals surface area (Å²) >= 11 is 1.34. The number of aryl methyl sites for hydroxylation is 1. The molecule has 0 bridgehead atoms. The molecule has 0 saturated heterocycles. The van der Waals surface area contributed by atoms with Crippen molar-refractivity contribution >= 4 is 17.7 Å². The lowest BCUT2D eigenvalue weighted by Gasteiger charge is -2.11. The van der Waals surface area contributed by atoms with E-state index in [0.29, 0.717) is 10.9 Å². The Hall–Kier alpha value is -1.89. The zero-order valence-electron chi connectivity index (χ0n) is 11.1. The van der Waals surface area contributed by atoms with Crippen LogP contribution >= 0.6 is 11.8 Å². The maximum atomic E-state index is 11.9. The van der Waals surface area contributed by atoms with Crippen molar-refractivity contribution < 1.29 is 4.79 Å². The van der Waals surface area contributed by atoms with E-state index in [1.807, 2.05) is 12.1 Å². The number of carbonyl (C=O) groups excluding carboxylic acids is 1. The minimum Gasteiger partial charge on any atom is -0.352 e. The molecule has 104 valence electrons. The molecule has 1 aliphatic rings. The number of nitrogens with zero attached hydrogens (tertiary/aromatic N) is 4. The molecule has 1 N–H and O–H groups in total. The van der Waals surface area contributed by atoms with Gasteiger partial charge < -0.3 is 5.32 Å². The van der Waals surface area contributed by atoms with E-state index in [1.165, 1.54) is 22.9 Å². The van der Waals surface area contributed by atoms with Gasteiger partial charge in [-0.2, -0.15) is 0 Å². The number of hydrogen-bond donors (Lipinski definition) is 1. The third kappa shape index (κ3) is 2.82. The maximum Gasteiger partial charge on any atom is 0.230 e. The average Bonchev–Trinajstić information content (AvgIpc) is 3.01. The molecule has 3 rings (SSSR count). The van der Waals surface area contributed by atoms with Gasteiger partial charge in [-0.1, -0.05) is 36.0 Å². The summed E-state index contributed by atoms with van der Waals surface area (Å²) in [5.41, 5.74) is 2.67. The van der Waals surface area contributed by atoms with Crippen LogP contribution in [0.4, 0.5) is 0 Å². The number of rotatable bonds is 4. The molecule has 6 nitrogen and oxygen atoms in total. The van der Waals surface area contributed by atoms with Crippen LogP contribution in [0.3, 0.4) is 0 Å². The summed E-state index contributed by atoms with van der Waals surface area (Å²) in [6.45, 7) is 0. The van der Waals surface area contributed by atoms with Gasteiger partial charge in [0.1, 0.15) is 0 Å². The van der Waals surface area contributed by atoms with Crippen LogP contribution in [0.15, 0.2) is 29.4 Å². The number of aromatic nitrogens is 4. The van der Waals surface area contributed by atoms with Crippen LogP contribution in [0.5, 0.6) is 0 Å². The summed E-state index contributed by atoms with van der Waals surface area (Å²) in [6.07, 6.45) is 1.83. The lowest BCUT2D eigenvalue weighted by Crippen LogP contribution is -2.36. The molecule has 1 amide bonds. The molecule has 7 heteroatoms. The Morgan fingerprint density at radius 3 is 2.70 bits per heavy atom. The first-order chi connectivity index (χ1) is 9.72. The van der Waals surface area contributed by atoms with Crippen molar-refractivity contribution in [3.05, 3.63) is 35.4 Å². The lowest BCUT2D eigenvalue weighted by molar-refractivity contribution is -0.119. The smallest absolute Gasteiger partial charge is 0.230 e. The second kappa shape index (κ2) is 5.62. The van der Waals surface area contributed by atoms with E-state index in [0.717, 1.165) is 12.8 Å². The molecule has 0 spiro atoms. The fourth-order valence-corrected chi connectivity index (χ4v) is 3.06. The largest absolute Gasteiger partial charge is 0.352 e. The molecule has 20 heavy (non-hydrogen) atoms. The van der Waals surface area contributed by atoms with E-state index >= 15 is 0 Å². The van der Waals surface area contributed by atoms with E-state index < -0.39 is 0 Å². The topological polar surface area (TPSA) is 72.7 Å². The number of benzene rings is 1. The van der Waals surface area contributed by atoms with Crippen LogP contribution in [-0.2, 0) is 24.7 Å². The molecule has 1 aliphatic carbocycles. The average molecular weight is 289 g/mol. The lowest BCUT2D eigenvalue weighted by atomic mass is 10.1. The third-order valence-corrected chi connectivity index (χ3v) is 4.34. The predicted octanol–water partition coefficient (Wildman–Crippen LogP) is 0.586. The Morgan fingerprint density at radius 2 is 2.10 bits per heavy atom. The second-order valence-corrected chi connectivity index (χ2v) is 5.76. The van der Waals surface area contributed by atoms with Gasteiger partial charge >= 0.3 is 0 Å². The Balaban J connectivity index is 1.50. The van der Waals surface area contributed by atoms with Crippen LogP contribution in [0, 0.1) is 0 Å². The van der Waals surface area contributed by atoms with Gasteiger partial charge in [-0.3, -0.25) is 4.79 Å². The van der Waals surface area contributed by atoms with Gasteiger partial charge in [-0.05, 0) is 34.4 Å². The number of tetrazole rings is 1. The van der Waals surface area contributed by atoms with Gasteiger partial charge in [-0.15, -0.1) is 5.10 Å². The summed E-state index contributed by atoms with van der Waals surface area (Å²) in [4.78, 5) is 11.9. The summed E-state index contributed by atoms with van der Waals surface area (Å²) in [5, 5.41) is 14.8. The molecule has 1 aromatic carbocycles. The van der Waals surface area contributed by atoms with Crippen molar-refractivity contribution in [2.75, 3.05) is 5.75 Å². The molecule has 0 aliphatic heterocycles. The van der Waals surface area contributed by atoms with Crippen LogP contribution in [0.25, 0.3) is 0 Å². The highest BCUT2D eigenvalue weighted by Crippen LogP contribution is 2.21. The highest BCUT2D eigenvalue weighted by Gasteiger charge is 2.22.